The van der Waals surface area contributed by atoms with Gasteiger partial charge in [-0.1, -0.05) is 25.7 Å². The molecule has 0 aliphatic heterocycles. The normalized spacial score (nSPS) is 20.7. The molecule has 6 heteroatoms. The van der Waals surface area contributed by atoms with E-state index in [1.54, 1.807) is 11.9 Å². The maximum Gasteiger partial charge on any atom is 0.403 e. The second kappa shape index (κ2) is 6.41. The number of carboxylic acid groups (broad SMARTS) is 1. The Hall–Kier alpha value is -0.780. The van der Waals surface area contributed by atoms with Crippen molar-refractivity contribution < 1.29 is 23.1 Å². The molecule has 106 valence electrons. The largest absolute Gasteiger partial charge is 0.481 e. The molecule has 1 fully saturated rings. The van der Waals surface area contributed by atoms with E-state index in [4.69, 9.17) is 5.11 Å². The Bertz CT molecular complexity index is 273. The summed E-state index contributed by atoms with van der Waals surface area (Å²) in [5.41, 5.74) is 0. The van der Waals surface area contributed by atoms with E-state index in [0.717, 1.165) is 38.5 Å². The van der Waals surface area contributed by atoms with E-state index in [1.807, 2.05) is 0 Å². The first-order valence-corrected chi connectivity index (χ1v) is 6.32. The van der Waals surface area contributed by atoms with Crippen LogP contribution < -0.4 is 0 Å². The standard InChI is InChI=1S/C12H20F3NO2/c1-16(9-6-4-2-3-5-7-9)8-10(11(17)18)12(13,14)15/h9-10H,2-8H2,1H3,(H,17,18). The van der Waals surface area contributed by atoms with Crippen LogP contribution in [0.5, 0.6) is 0 Å². The Balaban J connectivity index is 2.59. The molecule has 0 amide bonds. The number of alkyl halides is 3. The Morgan fingerprint density at radius 1 is 1.28 bits per heavy atom. The van der Waals surface area contributed by atoms with Crippen LogP contribution in [0.4, 0.5) is 13.2 Å². The molecular formula is C12H20F3NO2. The molecule has 0 aromatic rings. The molecule has 0 saturated heterocycles. The van der Waals surface area contributed by atoms with E-state index in [2.05, 4.69) is 0 Å². The third kappa shape index (κ3) is 4.48. The van der Waals surface area contributed by atoms with Gasteiger partial charge in [0.15, 0.2) is 5.92 Å². The second-order valence-electron chi connectivity index (χ2n) is 5.02. The lowest BCUT2D eigenvalue weighted by molar-refractivity contribution is -0.196. The van der Waals surface area contributed by atoms with Gasteiger partial charge in [0.25, 0.3) is 0 Å². The van der Waals surface area contributed by atoms with Crippen LogP contribution in [0, 0.1) is 5.92 Å². The predicted octanol–water partition coefficient (Wildman–Crippen LogP) is 2.90. The van der Waals surface area contributed by atoms with E-state index < -0.39 is 24.6 Å². The molecule has 0 heterocycles. The first kappa shape index (κ1) is 15.3. The average molecular weight is 267 g/mol. The molecule has 0 spiro atoms. The van der Waals surface area contributed by atoms with Gasteiger partial charge in [-0.15, -0.1) is 0 Å². The second-order valence-corrected chi connectivity index (χ2v) is 5.02. The van der Waals surface area contributed by atoms with Crippen LogP contribution in [0.15, 0.2) is 0 Å². The number of nitrogens with zero attached hydrogens (tertiary/aromatic N) is 1. The highest BCUT2D eigenvalue weighted by atomic mass is 19.4. The number of aliphatic carboxylic acids is 1. The van der Waals surface area contributed by atoms with Crippen LogP contribution in [0.2, 0.25) is 0 Å². The third-order valence-corrected chi connectivity index (χ3v) is 3.61. The van der Waals surface area contributed by atoms with E-state index >= 15 is 0 Å². The van der Waals surface area contributed by atoms with E-state index in [0.29, 0.717) is 0 Å². The smallest absolute Gasteiger partial charge is 0.403 e. The summed E-state index contributed by atoms with van der Waals surface area (Å²) in [4.78, 5) is 12.3. The van der Waals surface area contributed by atoms with Gasteiger partial charge >= 0.3 is 12.1 Å². The van der Waals surface area contributed by atoms with Crippen molar-refractivity contribution in [1.29, 1.82) is 0 Å². The molecule has 0 aromatic heterocycles. The zero-order valence-corrected chi connectivity index (χ0v) is 10.5. The third-order valence-electron chi connectivity index (χ3n) is 3.61. The summed E-state index contributed by atoms with van der Waals surface area (Å²) in [6, 6.07) is 0.0803. The molecule has 1 aliphatic carbocycles. The molecule has 18 heavy (non-hydrogen) atoms. The number of hydrogen-bond donors (Lipinski definition) is 1. The first-order valence-electron chi connectivity index (χ1n) is 6.32. The Labute approximate surface area is 105 Å². The fourth-order valence-corrected chi connectivity index (χ4v) is 2.46. The quantitative estimate of drug-likeness (QED) is 0.796. The maximum absolute atomic E-state index is 12.6. The van der Waals surface area contributed by atoms with Crippen molar-refractivity contribution in [3.8, 4) is 0 Å². The van der Waals surface area contributed by atoms with Gasteiger partial charge in [0.1, 0.15) is 0 Å². The number of halogens is 3. The van der Waals surface area contributed by atoms with Crippen molar-refractivity contribution in [1.82, 2.24) is 4.90 Å². The molecule has 3 nitrogen and oxygen atoms in total. The van der Waals surface area contributed by atoms with Crippen LogP contribution >= 0.6 is 0 Å². The molecule has 1 rings (SSSR count). The van der Waals surface area contributed by atoms with Gasteiger partial charge in [0.2, 0.25) is 0 Å². The molecule has 1 unspecified atom stereocenters. The van der Waals surface area contributed by atoms with Gasteiger partial charge in [0.05, 0.1) is 0 Å². The van der Waals surface area contributed by atoms with Crippen molar-refractivity contribution in [2.75, 3.05) is 13.6 Å². The summed E-state index contributed by atoms with van der Waals surface area (Å²) >= 11 is 0. The van der Waals surface area contributed by atoms with Crippen LogP contribution in [-0.2, 0) is 4.79 Å². The lowest BCUT2D eigenvalue weighted by atomic mass is 10.0. The summed E-state index contributed by atoms with van der Waals surface area (Å²) < 4.78 is 37.7. The molecule has 1 atom stereocenters. The molecule has 1 N–H and O–H groups in total. The average Bonchev–Trinajstić information content (AvgIpc) is 2.51. The fourth-order valence-electron chi connectivity index (χ4n) is 2.46. The first-order chi connectivity index (χ1) is 8.32. The Morgan fingerprint density at radius 3 is 2.17 bits per heavy atom. The zero-order chi connectivity index (χ0) is 13.8. The Morgan fingerprint density at radius 2 is 1.78 bits per heavy atom. The molecule has 0 radical (unpaired) electrons. The molecule has 1 aliphatic rings. The maximum atomic E-state index is 12.6. The summed E-state index contributed by atoms with van der Waals surface area (Å²) in [5, 5.41) is 8.67. The van der Waals surface area contributed by atoms with Crippen LogP contribution in [-0.4, -0.2) is 41.8 Å². The molecular weight excluding hydrogens is 247 g/mol. The lowest BCUT2D eigenvalue weighted by Crippen LogP contribution is -2.43. The summed E-state index contributed by atoms with van der Waals surface area (Å²) in [7, 11) is 1.59. The van der Waals surface area contributed by atoms with Crippen molar-refractivity contribution in [2.45, 2.75) is 50.7 Å². The number of carbonyl (C=O) groups is 1. The summed E-state index contributed by atoms with van der Waals surface area (Å²) in [6.07, 6.45) is 1.31. The van der Waals surface area contributed by atoms with Crippen molar-refractivity contribution in [3.05, 3.63) is 0 Å². The van der Waals surface area contributed by atoms with Crippen LogP contribution in [0.3, 0.4) is 0 Å². The van der Waals surface area contributed by atoms with Gasteiger partial charge in [0, 0.05) is 12.6 Å². The lowest BCUT2D eigenvalue weighted by Gasteiger charge is -2.30. The minimum Gasteiger partial charge on any atom is -0.481 e. The van der Waals surface area contributed by atoms with Crippen molar-refractivity contribution in [3.63, 3.8) is 0 Å². The molecule has 1 saturated carbocycles. The minimum atomic E-state index is -4.68. The number of carboxylic acids is 1. The van der Waals surface area contributed by atoms with Crippen LogP contribution in [0.25, 0.3) is 0 Å². The highest BCUT2D eigenvalue weighted by Crippen LogP contribution is 2.29. The van der Waals surface area contributed by atoms with Gasteiger partial charge in [-0.25, -0.2) is 0 Å². The fraction of sp³-hybridized carbons (Fsp3) is 0.917. The van der Waals surface area contributed by atoms with E-state index in [1.165, 1.54) is 0 Å². The monoisotopic (exact) mass is 267 g/mol. The highest BCUT2D eigenvalue weighted by molar-refractivity contribution is 5.71. The SMILES string of the molecule is CN(CC(C(=O)O)C(F)(F)F)C1CCCCCC1. The minimum absolute atomic E-state index is 0.0803. The summed E-state index contributed by atoms with van der Waals surface area (Å²) in [5.74, 6) is -4.08. The topological polar surface area (TPSA) is 40.5 Å². The van der Waals surface area contributed by atoms with Gasteiger partial charge < -0.3 is 10.0 Å². The van der Waals surface area contributed by atoms with Crippen molar-refractivity contribution >= 4 is 5.97 Å². The van der Waals surface area contributed by atoms with Gasteiger partial charge in [-0.3, -0.25) is 4.79 Å². The number of hydrogen-bond acceptors (Lipinski definition) is 2. The number of rotatable bonds is 4. The molecule has 0 aromatic carbocycles. The molecule has 0 bridgehead atoms. The predicted molar refractivity (Wildman–Crippen MR) is 61.3 cm³/mol. The van der Waals surface area contributed by atoms with Crippen molar-refractivity contribution in [2.24, 2.45) is 5.92 Å². The van der Waals surface area contributed by atoms with Crippen LogP contribution in [0.1, 0.15) is 38.5 Å². The van der Waals surface area contributed by atoms with Gasteiger partial charge in [-0.2, -0.15) is 13.2 Å². The van der Waals surface area contributed by atoms with E-state index in [9.17, 15) is 18.0 Å². The van der Waals surface area contributed by atoms with E-state index in [-0.39, 0.29) is 6.04 Å². The summed E-state index contributed by atoms with van der Waals surface area (Å²) in [6.45, 7) is -0.455. The van der Waals surface area contributed by atoms with Gasteiger partial charge in [-0.05, 0) is 19.9 Å². The zero-order valence-electron chi connectivity index (χ0n) is 10.5. The Kier molecular flexibility index (Phi) is 5.44. The highest BCUT2D eigenvalue weighted by Gasteiger charge is 2.46.